The summed E-state index contributed by atoms with van der Waals surface area (Å²) in [7, 11) is 0. The summed E-state index contributed by atoms with van der Waals surface area (Å²) in [6.45, 7) is 0.885. The Balaban J connectivity index is 1.44. The molecule has 2 amide bonds. The third kappa shape index (κ3) is 3.78. The van der Waals surface area contributed by atoms with E-state index in [1.165, 1.54) is 0 Å². The van der Waals surface area contributed by atoms with E-state index in [0.29, 0.717) is 30.9 Å². The lowest BCUT2D eigenvalue weighted by atomic mass is 10.1. The summed E-state index contributed by atoms with van der Waals surface area (Å²) >= 11 is 3.36. The van der Waals surface area contributed by atoms with E-state index in [0.717, 1.165) is 21.3 Å². The Morgan fingerprint density at radius 2 is 1.93 bits per heavy atom. The molecular formula is C20H17BrN4O2. The topological polar surface area (TPSA) is 78.1 Å². The summed E-state index contributed by atoms with van der Waals surface area (Å²) < 4.78 is 0.836. The van der Waals surface area contributed by atoms with Crippen LogP contribution >= 0.6 is 15.9 Å². The maximum atomic E-state index is 12.6. The van der Waals surface area contributed by atoms with Crippen LogP contribution in [0.2, 0.25) is 0 Å². The van der Waals surface area contributed by atoms with Crippen LogP contribution in [-0.2, 0) is 24.3 Å². The van der Waals surface area contributed by atoms with Crippen LogP contribution < -0.4 is 5.32 Å². The number of nitrogens with zero attached hydrogens (tertiary/aromatic N) is 2. The molecule has 0 saturated heterocycles. The zero-order valence-corrected chi connectivity index (χ0v) is 16.0. The van der Waals surface area contributed by atoms with Gasteiger partial charge in [0.2, 0.25) is 5.91 Å². The number of benzene rings is 2. The average Bonchev–Trinajstić information content (AvgIpc) is 3.24. The minimum Gasteiger partial charge on any atom is -0.332 e. The number of fused-ring (bicyclic) bond motifs is 1. The van der Waals surface area contributed by atoms with Gasteiger partial charge in [0, 0.05) is 15.6 Å². The number of amides is 2. The zero-order chi connectivity index (χ0) is 18.8. The van der Waals surface area contributed by atoms with Crippen LogP contribution in [0.3, 0.4) is 0 Å². The Kier molecular flexibility index (Phi) is 4.77. The molecule has 0 unspecified atom stereocenters. The molecule has 3 aromatic rings. The number of anilines is 1. The number of halogens is 1. The summed E-state index contributed by atoms with van der Waals surface area (Å²) in [4.78, 5) is 26.8. The predicted molar refractivity (Wildman–Crippen MR) is 105 cm³/mol. The van der Waals surface area contributed by atoms with Crippen molar-refractivity contribution in [1.29, 1.82) is 0 Å². The van der Waals surface area contributed by atoms with Crippen LogP contribution in [0.4, 0.5) is 5.82 Å². The highest BCUT2D eigenvalue weighted by Gasteiger charge is 2.29. The lowest BCUT2D eigenvalue weighted by Gasteiger charge is -2.16. The highest BCUT2D eigenvalue weighted by molar-refractivity contribution is 9.10. The largest absolute Gasteiger partial charge is 0.332 e. The molecule has 0 atom stereocenters. The first-order valence-electron chi connectivity index (χ1n) is 8.55. The lowest BCUT2D eigenvalue weighted by Crippen LogP contribution is -2.27. The van der Waals surface area contributed by atoms with E-state index >= 15 is 0 Å². The van der Waals surface area contributed by atoms with Gasteiger partial charge in [0.1, 0.15) is 5.82 Å². The molecular weight excluding hydrogens is 408 g/mol. The summed E-state index contributed by atoms with van der Waals surface area (Å²) in [6.07, 6.45) is 0.356. The Bertz CT molecular complexity index is 1000. The highest BCUT2D eigenvalue weighted by Crippen LogP contribution is 2.28. The normalized spacial score (nSPS) is 12.7. The molecule has 1 aliphatic heterocycles. The SMILES string of the molecule is O=C(Nc1[nH]nc2c1CN(C(=O)Cc1ccccc1)C2)c1cccc(Br)c1. The third-order valence-electron chi connectivity index (χ3n) is 4.52. The Hall–Kier alpha value is -2.93. The van der Waals surface area contributed by atoms with Gasteiger partial charge < -0.3 is 10.2 Å². The van der Waals surface area contributed by atoms with Gasteiger partial charge in [0.05, 0.1) is 25.2 Å². The monoisotopic (exact) mass is 424 g/mol. The molecule has 136 valence electrons. The number of nitrogens with one attached hydrogen (secondary N) is 2. The molecule has 2 heterocycles. The third-order valence-corrected chi connectivity index (χ3v) is 5.01. The Morgan fingerprint density at radius 1 is 1.11 bits per heavy atom. The molecule has 7 heteroatoms. The van der Waals surface area contributed by atoms with Gasteiger partial charge in [0.15, 0.2) is 0 Å². The smallest absolute Gasteiger partial charge is 0.256 e. The first kappa shape index (κ1) is 17.5. The number of hydrogen-bond acceptors (Lipinski definition) is 3. The van der Waals surface area contributed by atoms with Crippen LogP contribution in [0.5, 0.6) is 0 Å². The fourth-order valence-electron chi connectivity index (χ4n) is 3.11. The molecule has 6 nitrogen and oxygen atoms in total. The lowest BCUT2D eigenvalue weighted by molar-refractivity contribution is -0.131. The van der Waals surface area contributed by atoms with Crippen molar-refractivity contribution >= 4 is 33.6 Å². The second-order valence-electron chi connectivity index (χ2n) is 6.40. The standard InChI is InChI=1S/C20H17BrN4O2/c21-15-8-4-7-14(10-15)20(27)22-19-16-11-25(12-17(16)23-24-19)18(26)9-13-5-2-1-3-6-13/h1-8,10H,9,11-12H2,(H2,22,23,24,27). The molecule has 27 heavy (non-hydrogen) atoms. The van der Waals surface area contributed by atoms with Crippen molar-refractivity contribution in [3.63, 3.8) is 0 Å². The Labute approximate surface area is 164 Å². The molecule has 1 aromatic heterocycles. The summed E-state index contributed by atoms with van der Waals surface area (Å²) in [6, 6.07) is 16.8. The molecule has 0 bridgehead atoms. The van der Waals surface area contributed by atoms with E-state index in [1.807, 2.05) is 36.4 Å². The first-order valence-corrected chi connectivity index (χ1v) is 9.34. The van der Waals surface area contributed by atoms with E-state index in [1.54, 1.807) is 23.1 Å². The molecule has 0 fully saturated rings. The number of carbonyl (C=O) groups is 2. The second kappa shape index (κ2) is 7.36. The summed E-state index contributed by atoms with van der Waals surface area (Å²) in [5.74, 6) is 0.366. The van der Waals surface area contributed by atoms with Gasteiger partial charge in [-0.3, -0.25) is 14.7 Å². The Morgan fingerprint density at radius 3 is 2.70 bits per heavy atom. The molecule has 1 aliphatic rings. The van der Waals surface area contributed by atoms with Crippen LogP contribution in [0, 0.1) is 0 Å². The van der Waals surface area contributed by atoms with Gasteiger partial charge in [-0.2, -0.15) is 5.10 Å². The van der Waals surface area contributed by atoms with Crippen molar-refractivity contribution in [3.05, 3.63) is 81.5 Å². The van der Waals surface area contributed by atoms with Gasteiger partial charge in [-0.15, -0.1) is 0 Å². The average molecular weight is 425 g/mol. The zero-order valence-electron chi connectivity index (χ0n) is 14.4. The minimum atomic E-state index is -0.225. The summed E-state index contributed by atoms with van der Waals surface area (Å²) in [5.41, 5.74) is 3.18. The van der Waals surface area contributed by atoms with E-state index in [-0.39, 0.29) is 11.8 Å². The molecule has 0 radical (unpaired) electrons. The number of H-pyrrole nitrogens is 1. The van der Waals surface area contributed by atoms with Crippen molar-refractivity contribution in [2.45, 2.75) is 19.5 Å². The highest BCUT2D eigenvalue weighted by atomic mass is 79.9. The number of hydrogen-bond donors (Lipinski definition) is 2. The van der Waals surface area contributed by atoms with Crippen molar-refractivity contribution in [2.75, 3.05) is 5.32 Å². The minimum absolute atomic E-state index is 0.0449. The van der Waals surface area contributed by atoms with Crippen molar-refractivity contribution in [1.82, 2.24) is 15.1 Å². The molecule has 4 rings (SSSR count). The number of aromatic nitrogens is 2. The maximum absolute atomic E-state index is 12.6. The van der Waals surface area contributed by atoms with E-state index < -0.39 is 0 Å². The van der Waals surface area contributed by atoms with Gasteiger partial charge in [-0.1, -0.05) is 52.3 Å². The van der Waals surface area contributed by atoms with Gasteiger partial charge in [0.25, 0.3) is 5.91 Å². The maximum Gasteiger partial charge on any atom is 0.256 e. The fourth-order valence-corrected chi connectivity index (χ4v) is 3.51. The second-order valence-corrected chi connectivity index (χ2v) is 7.32. The van der Waals surface area contributed by atoms with Crippen LogP contribution in [-0.4, -0.2) is 26.9 Å². The quantitative estimate of drug-likeness (QED) is 0.672. The predicted octanol–water partition coefficient (Wildman–Crippen LogP) is 3.51. The number of rotatable bonds is 4. The number of aromatic amines is 1. The molecule has 0 spiro atoms. The van der Waals surface area contributed by atoms with Crippen LogP contribution in [0.25, 0.3) is 0 Å². The first-order chi connectivity index (χ1) is 13.1. The van der Waals surface area contributed by atoms with Crippen LogP contribution in [0.1, 0.15) is 27.2 Å². The van der Waals surface area contributed by atoms with E-state index in [4.69, 9.17) is 0 Å². The van der Waals surface area contributed by atoms with Gasteiger partial charge in [-0.05, 0) is 23.8 Å². The number of carbonyl (C=O) groups excluding carboxylic acids is 2. The van der Waals surface area contributed by atoms with E-state index in [2.05, 4.69) is 31.4 Å². The molecule has 0 aliphatic carbocycles. The van der Waals surface area contributed by atoms with E-state index in [9.17, 15) is 9.59 Å². The fraction of sp³-hybridized carbons (Fsp3) is 0.150. The van der Waals surface area contributed by atoms with Crippen LogP contribution in [0.15, 0.2) is 59.1 Å². The molecule has 0 saturated carbocycles. The molecule has 2 aromatic carbocycles. The van der Waals surface area contributed by atoms with Gasteiger partial charge in [-0.25, -0.2) is 0 Å². The van der Waals surface area contributed by atoms with Crippen molar-refractivity contribution < 1.29 is 9.59 Å². The molecule has 2 N–H and O–H groups in total. The van der Waals surface area contributed by atoms with Crippen molar-refractivity contribution in [2.24, 2.45) is 0 Å². The summed E-state index contributed by atoms with van der Waals surface area (Å²) in [5, 5.41) is 9.99. The van der Waals surface area contributed by atoms with Gasteiger partial charge >= 0.3 is 0 Å². The van der Waals surface area contributed by atoms with Crippen molar-refractivity contribution in [3.8, 4) is 0 Å².